The van der Waals surface area contributed by atoms with Gasteiger partial charge in [-0.3, -0.25) is 14.6 Å². The van der Waals surface area contributed by atoms with Crippen molar-refractivity contribution in [3.05, 3.63) is 101 Å². The van der Waals surface area contributed by atoms with Gasteiger partial charge in [0.25, 0.3) is 11.7 Å². The molecule has 0 radical (unpaired) electrons. The molecule has 1 saturated heterocycles. The normalized spacial score (nSPS) is 16.8. The number of nitrogens with zero attached hydrogens (tertiary/aromatic N) is 2. The second-order valence-corrected chi connectivity index (χ2v) is 8.83. The maximum Gasteiger partial charge on any atom is 0.338 e. The summed E-state index contributed by atoms with van der Waals surface area (Å²) < 4.78 is 10.8. The highest BCUT2D eigenvalue weighted by molar-refractivity contribution is 6.46. The third-order valence-corrected chi connectivity index (χ3v) is 5.84. The number of benzene rings is 2. The van der Waals surface area contributed by atoms with E-state index in [0.29, 0.717) is 34.6 Å². The van der Waals surface area contributed by atoms with Crippen LogP contribution < -0.4 is 4.74 Å². The average molecular weight is 501 g/mol. The number of aliphatic hydroxyl groups excluding tert-OH is 1. The fraction of sp³-hybridized carbons (Fsp3) is 0.241. The minimum Gasteiger partial charge on any atom is -0.507 e. The first-order valence-corrected chi connectivity index (χ1v) is 12.0. The molecule has 3 aromatic rings. The predicted molar refractivity (Wildman–Crippen MR) is 137 cm³/mol. The van der Waals surface area contributed by atoms with Crippen LogP contribution in [0.1, 0.15) is 53.9 Å². The molecule has 37 heavy (non-hydrogen) atoms. The number of aliphatic hydroxyl groups is 1. The SMILES string of the molecule is CCOc1cccc(/C(O)=C2\C(=O)C(=O)N(Cc3ccc(C(=O)OC(C)C)cc3)C2c2cccnc2)c1. The molecule has 4 rings (SSSR count). The first kappa shape index (κ1) is 25.6. The van der Waals surface area contributed by atoms with E-state index in [0.717, 1.165) is 0 Å². The van der Waals surface area contributed by atoms with E-state index in [2.05, 4.69) is 4.98 Å². The van der Waals surface area contributed by atoms with Crippen LogP contribution in [0.4, 0.5) is 0 Å². The molecule has 1 atom stereocenters. The van der Waals surface area contributed by atoms with E-state index < -0.39 is 23.7 Å². The summed E-state index contributed by atoms with van der Waals surface area (Å²) in [5.74, 6) is -1.71. The molecule has 2 heterocycles. The summed E-state index contributed by atoms with van der Waals surface area (Å²) in [4.78, 5) is 44.2. The highest BCUT2D eigenvalue weighted by Gasteiger charge is 2.46. The molecule has 1 fully saturated rings. The third-order valence-electron chi connectivity index (χ3n) is 5.84. The fourth-order valence-electron chi connectivity index (χ4n) is 4.21. The van der Waals surface area contributed by atoms with Crippen LogP contribution in [-0.4, -0.2) is 45.4 Å². The van der Waals surface area contributed by atoms with Gasteiger partial charge in [0.1, 0.15) is 11.5 Å². The molecule has 0 spiro atoms. The van der Waals surface area contributed by atoms with Gasteiger partial charge in [-0.1, -0.05) is 30.3 Å². The van der Waals surface area contributed by atoms with E-state index in [1.165, 1.54) is 4.90 Å². The van der Waals surface area contributed by atoms with Crippen LogP contribution in [-0.2, 0) is 20.9 Å². The van der Waals surface area contributed by atoms with Crippen molar-refractivity contribution in [1.29, 1.82) is 0 Å². The molecular formula is C29H28N2O6. The predicted octanol–water partition coefficient (Wildman–Crippen LogP) is 4.67. The highest BCUT2D eigenvalue weighted by Crippen LogP contribution is 2.40. The smallest absolute Gasteiger partial charge is 0.338 e. The molecule has 1 N–H and O–H groups in total. The summed E-state index contributed by atoms with van der Waals surface area (Å²) in [5.41, 5.74) is 2.02. The molecule has 0 aliphatic carbocycles. The van der Waals surface area contributed by atoms with Crippen LogP contribution in [0.25, 0.3) is 5.76 Å². The molecule has 1 amide bonds. The van der Waals surface area contributed by atoms with Crippen LogP contribution in [0.3, 0.4) is 0 Å². The van der Waals surface area contributed by atoms with E-state index in [1.807, 2.05) is 6.92 Å². The monoisotopic (exact) mass is 500 g/mol. The van der Waals surface area contributed by atoms with Crippen molar-refractivity contribution in [2.75, 3.05) is 6.61 Å². The van der Waals surface area contributed by atoms with Crippen LogP contribution >= 0.6 is 0 Å². The van der Waals surface area contributed by atoms with Gasteiger partial charge in [0.05, 0.1) is 29.9 Å². The molecular weight excluding hydrogens is 472 g/mol. The Labute approximate surface area is 215 Å². The Morgan fingerprint density at radius 2 is 1.81 bits per heavy atom. The van der Waals surface area contributed by atoms with Gasteiger partial charge in [-0.15, -0.1) is 0 Å². The first-order chi connectivity index (χ1) is 17.8. The van der Waals surface area contributed by atoms with Gasteiger partial charge in [-0.2, -0.15) is 0 Å². The van der Waals surface area contributed by atoms with Crippen LogP contribution in [0.15, 0.2) is 78.6 Å². The van der Waals surface area contributed by atoms with Gasteiger partial charge < -0.3 is 19.5 Å². The van der Waals surface area contributed by atoms with E-state index in [9.17, 15) is 19.5 Å². The van der Waals surface area contributed by atoms with Crippen molar-refractivity contribution >= 4 is 23.4 Å². The Bertz CT molecular complexity index is 1330. The molecule has 8 nitrogen and oxygen atoms in total. The molecule has 8 heteroatoms. The quantitative estimate of drug-likeness (QED) is 0.207. The van der Waals surface area contributed by atoms with Gasteiger partial charge in [-0.25, -0.2) is 4.79 Å². The number of esters is 1. The highest BCUT2D eigenvalue weighted by atomic mass is 16.5. The second-order valence-electron chi connectivity index (χ2n) is 8.83. The minimum atomic E-state index is -0.852. The molecule has 2 aromatic carbocycles. The lowest BCUT2D eigenvalue weighted by Gasteiger charge is -2.25. The lowest BCUT2D eigenvalue weighted by atomic mass is 9.96. The number of likely N-dealkylation sites (tertiary alicyclic amines) is 1. The van der Waals surface area contributed by atoms with Crippen molar-refractivity contribution in [2.24, 2.45) is 0 Å². The van der Waals surface area contributed by atoms with Gasteiger partial charge in [-0.05, 0) is 62.2 Å². The van der Waals surface area contributed by atoms with E-state index >= 15 is 0 Å². The maximum absolute atomic E-state index is 13.2. The van der Waals surface area contributed by atoms with Crippen molar-refractivity contribution in [1.82, 2.24) is 9.88 Å². The number of Topliss-reactive ketones (excluding diaryl/α,β-unsaturated/α-hetero) is 1. The minimum absolute atomic E-state index is 0.0243. The van der Waals surface area contributed by atoms with Crippen molar-refractivity contribution in [3.63, 3.8) is 0 Å². The van der Waals surface area contributed by atoms with Crippen LogP contribution in [0.5, 0.6) is 5.75 Å². The Morgan fingerprint density at radius 3 is 2.46 bits per heavy atom. The Morgan fingerprint density at radius 1 is 1.05 bits per heavy atom. The van der Waals surface area contributed by atoms with E-state index in [-0.39, 0.29) is 24.0 Å². The Hall–Kier alpha value is -4.46. The van der Waals surface area contributed by atoms with Gasteiger partial charge in [0.2, 0.25) is 0 Å². The number of hydrogen-bond acceptors (Lipinski definition) is 7. The molecule has 1 aromatic heterocycles. The van der Waals surface area contributed by atoms with E-state index in [1.54, 1.807) is 86.9 Å². The average Bonchev–Trinajstić information content (AvgIpc) is 3.14. The molecule has 1 unspecified atom stereocenters. The van der Waals surface area contributed by atoms with Crippen LogP contribution in [0, 0.1) is 0 Å². The van der Waals surface area contributed by atoms with Crippen LogP contribution in [0.2, 0.25) is 0 Å². The number of pyridine rings is 1. The number of carbonyl (C=O) groups excluding carboxylic acids is 3. The van der Waals surface area contributed by atoms with Crippen molar-refractivity contribution < 1.29 is 29.0 Å². The third kappa shape index (κ3) is 5.53. The number of rotatable bonds is 8. The molecule has 0 bridgehead atoms. The summed E-state index contributed by atoms with van der Waals surface area (Å²) in [6.45, 7) is 5.92. The number of hydrogen-bond donors (Lipinski definition) is 1. The second kappa shape index (κ2) is 11.1. The number of amides is 1. The standard InChI is InChI=1S/C29H28N2O6/c1-4-36-23-9-5-7-21(15-23)26(32)24-25(22-8-6-14-30-16-22)31(28(34)27(24)33)17-19-10-12-20(13-11-19)29(35)37-18(2)3/h5-16,18,25,32H,4,17H2,1-3H3/b26-24+. The topological polar surface area (TPSA) is 106 Å². The number of carbonyl (C=O) groups is 3. The number of aromatic nitrogens is 1. The van der Waals surface area contributed by atoms with Crippen molar-refractivity contribution in [2.45, 2.75) is 39.5 Å². The zero-order valence-corrected chi connectivity index (χ0v) is 20.9. The molecule has 1 aliphatic rings. The van der Waals surface area contributed by atoms with Crippen molar-refractivity contribution in [3.8, 4) is 5.75 Å². The summed E-state index contributed by atoms with van der Waals surface area (Å²) in [6, 6.07) is 16.0. The summed E-state index contributed by atoms with van der Waals surface area (Å²) in [7, 11) is 0. The summed E-state index contributed by atoms with van der Waals surface area (Å²) >= 11 is 0. The lowest BCUT2D eigenvalue weighted by Crippen LogP contribution is -2.29. The van der Waals surface area contributed by atoms with Gasteiger partial charge in [0.15, 0.2) is 0 Å². The zero-order chi connectivity index (χ0) is 26.5. The largest absolute Gasteiger partial charge is 0.507 e. The summed E-state index contributed by atoms with van der Waals surface area (Å²) in [6.07, 6.45) is 2.92. The van der Waals surface area contributed by atoms with Gasteiger partial charge >= 0.3 is 5.97 Å². The fourth-order valence-corrected chi connectivity index (χ4v) is 4.21. The molecule has 1 aliphatic heterocycles. The van der Waals surface area contributed by atoms with E-state index in [4.69, 9.17) is 9.47 Å². The lowest BCUT2D eigenvalue weighted by molar-refractivity contribution is -0.140. The first-order valence-electron chi connectivity index (χ1n) is 12.0. The summed E-state index contributed by atoms with van der Waals surface area (Å²) in [5, 5.41) is 11.2. The molecule has 190 valence electrons. The zero-order valence-electron chi connectivity index (χ0n) is 20.9. The maximum atomic E-state index is 13.2. The van der Waals surface area contributed by atoms with Gasteiger partial charge in [0, 0.05) is 24.5 Å². The Kier molecular flexibility index (Phi) is 7.67. The number of ketones is 1. The molecule has 0 saturated carbocycles. The number of ether oxygens (including phenoxy) is 2. The Balaban J connectivity index is 1.72.